The molecule has 0 saturated carbocycles. The highest BCUT2D eigenvalue weighted by atomic mass is 31.2. The molecule has 0 aromatic rings. The Bertz CT molecular complexity index is 315. The summed E-state index contributed by atoms with van der Waals surface area (Å²) in [6, 6.07) is 0. The second-order valence-electron chi connectivity index (χ2n) is 4.53. The summed E-state index contributed by atoms with van der Waals surface area (Å²) in [4.78, 5) is 0. The molecule has 2 N–H and O–H groups in total. The third-order valence-electron chi connectivity index (χ3n) is 3.52. The minimum atomic E-state index is -3.58. The van der Waals surface area contributed by atoms with E-state index in [1.54, 1.807) is 13.8 Å². The van der Waals surface area contributed by atoms with Gasteiger partial charge in [0.15, 0.2) is 0 Å². The minimum Gasteiger partial charge on any atom is -0.396 e. The number of phosphoric acid groups is 1. The fourth-order valence-corrected chi connectivity index (χ4v) is 2.54. The molecule has 18 heavy (non-hydrogen) atoms. The highest BCUT2D eigenvalue weighted by Crippen LogP contribution is 2.48. The van der Waals surface area contributed by atoms with Crippen molar-refractivity contribution in [2.24, 2.45) is 5.41 Å². The molecule has 1 rings (SSSR count). The quantitative estimate of drug-likeness (QED) is 0.688. The van der Waals surface area contributed by atoms with E-state index in [0.29, 0.717) is 0 Å². The Kier molecular flexibility index (Phi) is 5.32. The maximum Gasteiger partial charge on any atom is 0.474 e. The first kappa shape index (κ1) is 16.0. The van der Waals surface area contributed by atoms with E-state index in [1.165, 1.54) is 14.2 Å². The molecular formula is C10H21O7P. The highest BCUT2D eigenvalue weighted by molar-refractivity contribution is 7.48. The van der Waals surface area contributed by atoms with E-state index in [0.717, 1.165) is 0 Å². The molecular weight excluding hydrogens is 263 g/mol. The van der Waals surface area contributed by atoms with Crippen LogP contribution in [0.15, 0.2) is 0 Å². The van der Waals surface area contributed by atoms with E-state index >= 15 is 0 Å². The highest BCUT2D eigenvalue weighted by Gasteiger charge is 2.51. The molecule has 1 aliphatic rings. The van der Waals surface area contributed by atoms with Crippen molar-refractivity contribution in [2.45, 2.75) is 32.2 Å². The van der Waals surface area contributed by atoms with Crippen LogP contribution in [0.2, 0.25) is 0 Å². The van der Waals surface area contributed by atoms with Crippen molar-refractivity contribution in [1.82, 2.24) is 0 Å². The number of hydrogen-bond donors (Lipinski definition) is 2. The Hall–Kier alpha value is -0.0100. The molecule has 0 bridgehead atoms. The van der Waals surface area contributed by atoms with Gasteiger partial charge in [-0.2, -0.15) is 0 Å². The van der Waals surface area contributed by atoms with Gasteiger partial charge in [-0.05, 0) is 6.92 Å². The van der Waals surface area contributed by atoms with E-state index in [-0.39, 0.29) is 19.3 Å². The second-order valence-corrected chi connectivity index (χ2v) is 6.42. The molecule has 108 valence electrons. The van der Waals surface area contributed by atoms with Crippen LogP contribution in [-0.2, 0) is 22.9 Å². The van der Waals surface area contributed by atoms with Crippen molar-refractivity contribution in [1.29, 1.82) is 0 Å². The van der Waals surface area contributed by atoms with Gasteiger partial charge in [-0.3, -0.25) is 13.6 Å². The molecule has 0 aromatic heterocycles. The molecule has 4 atom stereocenters. The Labute approximate surface area is 107 Å². The van der Waals surface area contributed by atoms with Gasteiger partial charge in [0.05, 0.1) is 25.4 Å². The van der Waals surface area contributed by atoms with E-state index in [4.69, 9.17) is 9.26 Å². The smallest absolute Gasteiger partial charge is 0.396 e. The van der Waals surface area contributed by atoms with Gasteiger partial charge in [0.2, 0.25) is 0 Å². The summed E-state index contributed by atoms with van der Waals surface area (Å²) < 4.78 is 31.4. The van der Waals surface area contributed by atoms with Crippen molar-refractivity contribution >= 4 is 7.82 Å². The summed E-state index contributed by atoms with van der Waals surface area (Å²) in [7, 11) is -1.17. The normalized spacial score (nSPS) is 37.1. The lowest BCUT2D eigenvalue weighted by Gasteiger charge is -2.28. The Morgan fingerprint density at radius 2 is 1.94 bits per heavy atom. The van der Waals surface area contributed by atoms with Crippen molar-refractivity contribution in [3.63, 3.8) is 0 Å². The van der Waals surface area contributed by atoms with Gasteiger partial charge >= 0.3 is 7.82 Å². The summed E-state index contributed by atoms with van der Waals surface area (Å²) >= 11 is 0. The van der Waals surface area contributed by atoms with Crippen molar-refractivity contribution in [3.05, 3.63) is 0 Å². The summed E-state index contributed by atoms with van der Waals surface area (Å²) in [6.07, 6.45) is -1.94. The van der Waals surface area contributed by atoms with Crippen molar-refractivity contribution in [3.8, 4) is 0 Å². The van der Waals surface area contributed by atoms with Gasteiger partial charge in [-0.15, -0.1) is 0 Å². The number of hydrogen-bond acceptors (Lipinski definition) is 7. The van der Waals surface area contributed by atoms with Gasteiger partial charge in [0, 0.05) is 19.6 Å². The summed E-state index contributed by atoms with van der Waals surface area (Å²) in [6.45, 7) is 3.12. The summed E-state index contributed by atoms with van der Waals surface area (Å²) in [5.41, 5.74) is -0.766. The maximum atomic E-state index is 11.7. The molecule has 1 aliphatic heterocycles. The van der Waals surface area contributed by atoms with Crippen LogP contribution in [0.1, 0.15) is 13.8 Å². The average Bonchev–Trinajstić information content (AvgIpc) is 2.61. The first-order valence-electron chi connectivity index (χ1n) is 5.63. The van der Waals surface area contributed by atoms with Gasteiger partial charge in [-0.1, -0.05) is 6.92 Å². The van der Waals surface area contributed by atoms with E-state index in [1.807, 2.05) is 0 Å². The van der Waals surface area contributed by atoms with Crippen molar-refractivity contribution in [2.75, 3.05) is 27.4 Å². The molecule has 2 unspecified atom stereocenters. The molecule has 0 amide bonds. The molecule has 1 fully saturated rings. The molecule has 7 nitrogen and oxygen atoms in total. The lowest BCUT2D eigenvalue weighted by molar-refractivity contribution is -0.0194. The summed E-state index contributed by atoms with van der Waals surface area (Å²) in [5.74, 6) is 0. The monoisotopic (exact) mass is 284 g/mol. The van der Waals surface area contributed by atoms with Crippen LogP contribution < -0.4 is 0 Å². The number of aliphatic hydroxyl groups excluding tert-OH is 2. The largest absolute Gasteiger partial charge is 0.474 e. The molecule has 0 aromatic carbocycles. The van der Waals surface area contributed by atoms with E-state index in [2.05, 4.69) is 9.05 Å². The van der Waals surface area contributed by atoms with Crippen LogP contribution in [0.5, 0.6) is 0 Å². The number of rotatable bonds is 6. The van der Waals surface area contributed by atoms with Crippen LogP contribution >= 0.6 is 7.82 Å². The number of ether oxygens (including phenoxy) is 1. The standard InChI is InChI=1S/C10H21O7P/c1-7-10(2,6-11)9(12)8(17-7)5-16-18(13,14-3)15-4/h7-9,11-12H,5-6H2,1-4H3/t7-,8+,9?,10?/m0/s1. The summed E-state index contributed by atoms with van der Waals surface area (Å²) in [5, 5.41) is 19.4. The molecule has 8 heteroatoms. The van der Waals surface area contributed by atoms with Crippen molar-refractivity contribution < 1.29 is 33.1 Å². The molecule has 1 heterocycles. The van der Waals surface area contributed by atoms with Crippen LogP contribution in [0.4, 0.5) is 0 Å². The number of aliphatic hydroxyl groups is 2. The molecule has 0 aliphatic carbocycles. The zero-order valence-corrected chi connectivity index (χ0v) is 11.9. The molecule has 1 saturated heterocycles. The minimum absolute atomic E-state index is 0.139. The Balaban J connectivity index is 2.63. The van der Waals surface area contributed by atoms with E-state index < -0.39 is 25.4 Å². The van der Waals surface area contributed by atoms with Gasteiger partial charge in [0.1, 0.15) is 6.10 Å². The molecule has 0 radical (unpaired) electrons. The predicted octanol–water partition coefficient (Wildman–Crippen LogP) is 0.551. The topological polar surface area (TPSA) is 94.5 Å². The lowest BCUT2D eigenvalue weighted by atomic mass is 9.81. The fraction of sp³-hybridized carbons (Fsp3) is 1.00. The third-order valence-corrected chi connectivity index (χ3v) is 4.88. The van der Waals surface area contributed by atoms with E-state index in [9.17, 15) is 14.8 Å². The average molecular weight is 284 g/mol. The zero-order valence-electron chi connectivity index (χ0n) is 11.0. The SMILES string of the molecule is COP(=O)(OC)OC[C@H]1O[C@@H](C)C(C)(CO)C1O. The Morgan fingerprint density at radius 3 is 2.33 bits per heavy atom. The second kappa shape index (κ2) is 5.96. The van der Waals surface area contributed by atoms with Crippen LogP contribution in [-0.4, -0.2) is 56.0 Å². The van der Waals surface area contributed by atoms with Crippen LogP contribution in [0.3, 0.4) is 0 Å². The Morgan fingerprint density at radius 1 is 1.39 bits per heavy atom. The first-order chi connectivity index (χ1) is 8.33. The van der Waals surface area contributed by atoms with Gasteiger partial charge in [-0.25, -0.2) is 4.57 Å². The third kappa shape index (κ3) is 2.93. The number of phosphoric ester groups is 1. The molecule has 0 spiro atoms. The fourth-order valence-electron chi connectivity index (χ4n) is 1.85. The zero-order chi connectivity index (χ0) is 14.0. The lowest BCUT2D eigenvalue weighted by Crippen LogP contribution is -2.41. The maximum absolute atomic E-state index is 11.7. The van der Waals surface area contributed by atoms with Gasteiger partial charge in [0.25, 0.3) is 0 Å². The van der Waals surface area contributed by atoms with Crippen LogP contribution in [0, 0.1) is 5.41 Å². The predicted molar refractivity (Wildman–Crippen MR) is 63.1 cm³/mol. The first-order valence-corrected chi connectivity index (χ1v) is 7.09. The van der Waals surface area contributed by atoms with Crippen LogP contribution in [0.25, 0.3) is 0 Å². The van der Waals surface area contributed by atoms with Gasteiger partial charge < -0.3 is 14.9 Å².